The molecule has 0 spiro atoms. The number of thiazole rings is 1. The van der Waals surface area contributed by atoms with Crippen LogP contribution in [0.2, 0.25) is 0 Å². The first-order chi connectivity index (χ1) is 11.9. The molecule has 1 aromatic carbocycles. The van der Waals surface area contributed by atoms with E-state index in [1.165, 1.54) is 92.1 Å². The van der Waals surface area contributed by atoms with Crippen LogP contribution < -0.4 is 10.0 Å². The van der Waals surface area contributed by atoms with Crippen molar-refractivity contribution in [1.82, 2.24) is 4.98 Å². The number of benzene rings is 1. The predicted octanol–water partition coefficient (Wildman–Crippen LogP) is 5.73. The molecule has 2 saturated carbocycles. The minimum atomic E-state index is 0.697. The molecule has 2 N–H and O–H groups in total. The topological polar surface area (TPSA) is 42.1 Å². The second-order valence-electron chi connectivity index (χ2n) is 7.21. The first-order valence-electron chi connectivity index (χ1n) is 9.41. The zero-order valence-electron chi connectivity index (χ0n) is 14.2. The second kappa shape index (κ2) is 7.63. The smallest absolute Gasteiger partial charge is 0.165 e. The van der Waals surface area contributed by atoms with Gasteiger partial charge >= 0.3 is 0 Å². The lowest BCUT2D eigenvalue weighted by Crippen LogP contribution is -2.45. The highest BCUT2D eigenvalue weighted by atomic mass is 32.2. The third-order valence-corrected chi connectivity index (χ3v) is 7.34. The molecule has 0 atom stereocenters. The van der Waals surface area contributed by atoms with E-state index >= 15 is 0 Å². The van der Waals surface area contributed by atoms with Gasteiger partial charge in [0.25, 0.3) is 0 Å². The maximum atomic E-state index is 5.78. The molecule has 0 bridgehead atoms. The average molecular weight is 362 g/mol. The third-order valence-electron chi connectivity index (χ3n) is 5.69. The molecule has 1 aromatic heterocycles. The molecule has 0 radical (unpaired) electrons. The number of fused-ring (bicyclic) bond motifs is 1. The van der Waals surface area contributed by atoms with E-state index < -0.39 is 0 Å². The highest BCUT2D eigenvalue weighted by Gasteiger charge is 2.30. The molecule has 2 aliphatic rings. The molecule has 2 aromatic rings. The fourth-order valence-corrected chi connectivity index (χ4v) is 5.91. The van der Waals surface area contributed by atoms with Crippen LogP contribution >= 0.6 is 23.3 Å². The van der Waals surface area contributed by atoms with E-state index in [-0.39, 0.29) is 0 Å². The molecular formula is C19H27N3S2. The molecule has 3 nitrogen and oxygen atoms in total. The molecule has 5 heteroatoms. The number of hydrogen-bond donors (Lipinski definition) is 1. The highest BCUT2D eigenvalue weighted by Crippen LogP contribution is 2.39. The SMILES string of the molecule is NSc1nc2c(N(C3CCCCC3)C3CCCCC3)cccc2s1. The first kappa shape index (κ1) is 16.7. The molecule has 0 saturated heterocycles. The first-order valence-corrected chi connectivity index (χ1v) is 11.1. The fourth-order valence-electron chi connectivity index (χ4n) is 4.58. The monoisotopic (exact) mass is 361 g/mol. The number of anilines is 1. The summed E-state index contributed by atoms with van der Waals surface area (Å²) in [5.41, 5.74) is 2.54. The van der Waals surface area contributed by atoms with Crippen LogP contribution in [0.3, 0.4) is 0 Å². The summed E-state index contributed by atoms with van der Waals surface area (Å²) in [4.78, 5) is 7.64. The van der Waals surface area contributed by atoms with E-state index in [1.807, 2.05) is 0 Å². The minimum absolute atomic E-state index is 0.697. The fraction of sp³-hybridized carbons (Fsp3) is 0.632. The summed E-state index contributed by atoms with van der Waals surface area (Å²) in [6.45, 7) is 0. The predicted molar refractivity (Wildman–Crippen MR) is 106 cm³/mol. The highest BCUT2D eigenvalue weighted by molar-refractivity contribution is 7.99. The summed E-state index contributed by atoms with van der Waals surface area (Å²) in [5, 5.41) is 5.78. The molecule has 4 rings (SSSR count). The Labute approximate surface area is 153 Å². The van der Waals surface area contributed by atoms with Gasteiger partial charge in [0.15, 0.2) is 4.34 Å². The summed E-state index contributed by atoms with van der Waals surface area (Å²) in [6, 6.07) is 8.09. The zero-order chi connectivity index (χ0) is 16.4. The van der Waals surface area contributed by atoms with Crippen LogP contribution in [0, 0.1) is 0 Å². The Morgan fingerprint density at radius 3 is 2.17 bits per heavy atom. The van der Waals surface area contributed by atoms with Gasteiger partial charge in [0.2, 0.25) is 0 Å². The van der Waals surface area contributed by atoms with Crippen LogP contribution in [-0.2, 0) is 0 Å². The quantitative estimate of drug-likeness (QED) is 0.706. The molecule has 2 aliphatic carbocycles. The number of aromatic nitrogens is 1. The standard InChI is InChI=1S/C19H27N3S2/c20-24-19-21-18-16(12-7-13-17(18)23-19)22(14-8-3-1-4-9-14)15-10-5-2-6-11-15/h7,12-15H,1-6,8-11,20H2. The summed E-state index contributed by atoms with van der Waals surface area (Å²) >= 11 is 3.00. The Hall–Kier alpha value is -0.780. The van der Waals surface area contributed by atoms with Crippen molar-refractivity contribution in [3.8, 4) is 0 Å². The van der Waals surface area contributed by atoms with Crippen molar-refractivity contribution in [2.24, 2.45) is 5.14 Å². The van der Waals surface area contributed by atoms with Crippen molar-refractivity contribution in [2.75, 3.05) is 4.90 Å². The number of nitrogens with zero attached hydrogens (tertiary/aromatic N) is 2. The van der Waals surface area contributed by atoms with Crippen molar-refractivity contribution in [2.45, 2.75) is 80.6 Å². The number of hydrogen-bond acceptors (Lipinski definition) is 5. The lowest BCUT2D eigenvalue weighted by atomic mass is 9.88. The van der Waals surface area contributed by atoms with Crippen LogP contribution in [0.5, 0.6) is 0 Å². The van der Waals surface area contributed by atoms with Crippen LogP contribution in [0.15, 0.2) is 22.5 Å². The van der Waals surface area contributed by atoms with Gasteiger partial charge < -0.3 is 4.90 Å². The molecule has 0 amide bonds. The summed E-state index contributed by atoms with van der Waals surface area (Å²) < 4.78 is 2.25. The Bertz CT molecular complexity index is 654. The number of nitrogens with two attached hydrogens (primary N) is 1. The van der Waals surface area contributed by atoms with Gasteiger partial charge in [-0.3, -0.25) is 5.14 Å². The molecule has 2 fully saturated rings. The van der Waals surface area contributed by atoms with Crippen LogP contribution in [0.1, 0.15) is 64.2 Å². The van der Waals surface area contributed by atoms with Gasteiger partial charge in [0.05, 0.1) is 10.4 Å². The molecule has 24 heavy (non-hydrogen) atoms. The van der Waals surface area contributed by atoms with Crippen molar-refractivity contribution >= 4 is 39.2 Å². The molecule has 1 heterocycles. The summed E-state index contributed by atoms with van der Waals surface area (Å²) in [7, 11) is 0. The van der Waals surface area contributed by atoms with Crippen molar-refractivity contribution in [3.05, 3.63) is 18.2 Å². The Kier molecular flexibility index (Phi) is 5.30. The lowest BCUT2D eigenvalue weighted by molar-refractivity contribution is 0.340. The van der Waals surface area contributed by atoms with E-state index in [0.717, 1.165) is 4.34 Å². The summed E-state index contributed by atoms with van der Waals surface area (Å²) in [6.07, 6.45) is 13.7. The Morgan fingerprint density at radius 2 is 1.58 bits per heavy atom. The number of rotatable bonds is 4. The van der Waals surface area contributed by atoms with Crippen LogP contribution in [0.25, 0.3) is 10.2 Å². The van der Waals surface area contributed by atoms with Crippen molar-refractivity contribution in [3.63, 3.8) is 0 Å². The van der Waals surface area contributed by atoms with Gasteiger partial charge in [-0.15, -0.1) is 11.3 Å². The van der Waals surface area contributed by atoms with Crippen LogP contribution in [-0.4, -0.2) is 17.1 Å². The van der Waals surface area contributed by atoms with Gasteiger partial charge in [-0.2, -0.15) is 0 Å². The van der Waals surface area contributed by atoms with Crippen molar-refractivity contribution < 1.29 is 0 Å². The van der Waals surface area contributed by atoms with E-state index in [2.05, 4.69) is 23.1 Å². The Morgan fingerprint density at radius 1 is 0.958 bits per heavy atom. The summed E-state index contributed by atoms with van der Waals surface area (Å²) in [5.74, 6) is 0. The van der Waals surface area contributed by atoms with E-state index in [1.54, 1.807) is 11.3 Å². The maximum absolute atomic E-state index is 5.78. The number of para-hydroxylation sites is 1. The zero-order valence-corrected chi connectivity index (χ0v) is 15.9. The lowest BCUT2D eigenvalue weighted by Gasteiger charge is -2.43. The second-order valence-corrected chi connectivity index (χ2v) is 9.12. The molecule has 0 unspecified atom stereocenters. The van der Waals surface area contributed by atoms with Crippen molar-refractivity contribution in [1.29, 1.82) is 0 Å². The average Bonchev–Trinajstić information content (AvgIpc) is 3.08. The van der Waals surface area contributed by atoms with Crippen LogP contribution in [0.4, 0.5) is 5.69 Å². The largest absolute Gasteiger partial charge is 0.364 e. The molecule has 0 aliphatic heterocycles. The van der Waals surface area contributed by atoms with E-state index in [9.17, 15) is 0 Å². The van der Waals surface area contributed by atoms with E-state index in [4.69, 9.17) is 10.1 Å². The third kappa shape index (κ3) is 3.31. The van der Waals surface area contributed by atoms with Gasteiger partial charge in [-0.1, -0.05) is 44.6 Å². The Balaban J connectivity index is 1.75. The minimum Gasteiger partial charge on any atom is -0.364 e. The van der Waals surface area contributed by atoms with Gasteiger partial charge in [0.1, 0.15) is 5.52 Å². The molecular weight excluding hydrogens is 334 g/mol. The maximum Gasteiger partial charge on any atom is 0.165 e. The van der Waals surface area contributed by atoms with E-state index in [0.29, 0.717) is 12.1 Å². The molecule has 130 valence electrons. The van der Waals surface area contributed by atoms with Gasteiger partial charge in [-0.05, 0) is 49.8 Å². The van der Waals surface area contributed by atoms with Gasteiger partial charge in [-0.25, -0.2) is 4.98 Å². The van der Waals surface area contributed by atoms with Gasteiger partial charge in [0, 0.05) is 12.1 Å². The normalized spacial score (nSPS) is 20.5.